The van der Waals surface area contributed by atoms with E-state index < -0.39 is 24.5 Å². The summed E-state index contributed by atoms with van der Waals surface area (Å²) in [6.45, 7) is 3.35. The van der Waals surface area contributed by atoms with Gasteiger partial charge in [0.2, 0.25) is 0 Å². The molecular weight excluding hydrogens is 332 g/mol. The molecule has 1 aromatic carbocycles. The van der Waals surface area contributed by atoms with Gasteiger partial charge < -0.3 is 10.1 Å². The number of anilines is 1. The summed E-state index contributed by atoms with van der Waals surface area (Å²) in [6, 6.07) is 4.88. The van der Waals surface area contributed by atoms with E-state index in [0.717, 1.165) is 36.8 Å². The number of benzene rings is 1. The minimum Gasteiger partial charge on any atom is -0.452 e. The van der Waals surface area contributed by atoms with Gasteiger partial charge in [0.1, 0.15) is 0 Å². The van der Waals surface area contributed by atoms with Crippen molar-refractivity contribution in [2.45, 2.75) is 39.5 Å². The zero-order chi connectivity index (χ0) is 18.7. The Labute approximate surface area is 153 Å². The highest BCUT2D eigenvalue weighted by Crippen LogP contribution is 2.48. The smallest absolute Gasteiger partial charge is 0.331 e. The van der Waals surface area contributed by atoms with Crippen molar-refractivity contribution in [3.8, 4) is 0 Å². The molecular formula is C20H24N2O4. The van der Waals surface area contributed by atoms with Gasteiger partial charge in [0.05, 0.1) is 0 Å². The standard InChI is InChI=1S/C20H24N2O4/c1-12-4-3-5-17(13(12)2)21-20(25)22-18(23)11-26-19(24)10-16(14-6-7-14)15-8-9-15/h3-5,10,14-15H,6-9,11H2,1-2H3,(H2,21,22,23,25). The number of allylic oxidation sites excluding steroid dienone is 1. The van der Waals surface area contributed by atoms with Crippen LogP contribution >= 0.6 is 0 Å². The van der Waals surface area contributed by atoms with Crippen molar-refractivity contribution < 1.29 is 19.1 Å². The summed E-state index contributed by atoms with van der Waals surface area (Å²) in [5, 5.41) is 4.79. The van der Waals surface area contributed by atoms with Crippen LogP contribution in [0.5, 0.6) is 0 Å². The van der Waals surface area contributed by atoms with Crippen LogP contribution in [0, 0.1) is 25.7 Å². The molecule has 2 saturated carbocycles. The number of amides is 3. The van der Waals surface area contributed by atoms with Gasteiger partial charge >= 0.3 is 12.0 Å². The van der Waals surface area contributed by atoms with Gasteiger partial charge in [-0.15, -0.1) is 0 Å². The maximum atomic E-state index is 11.9. The van der Waals surface area contributed by atoms with Crippen LogP contribution in [0.1, 0.15) is 36.8 Å². The molecule has 0 radical (unpaired) electrons. The van der Waals surface area contributed by atoms with Crippen molar-refractivity contribution in [2.24, 2.45) is 11.8 Å². The van der Waals surface area contributed by atoms with Gasteiger partial charge in [-0.05, 0) is 68.6 Å². The lowest BCUT2D eigenvalue weighted by molar-refractivity contribution is -0.143. The van der Waals surface area contributed by atoms with Gasteiger partial charge in [0.15, 0.2) is 6.61 Å². The number of hydrogen-bond donors (Lipinski definition) is 2. The van der Waals surface area contributed by atoms with E-state index in [1.807, 2.05) is 26.0 Å². The second kappa shape index (κ2) is 7.72. The molecule has 2 aliphatic carbocycles. The maximum absolute atomic E-state index is 11.9. The number of aryl methyl sites for hydroxylation is 1. The molecule has 2 aliphatic rings. The molecule has 2 fully saturated rings. The van der Waals surface area contributed by atoms with Crippen molar-refractivity contribution in [1.29, 1.82) is 0 Å². The second-order valence-electron chi connectivity index (χ2n) is 7.05. The Hall–Kier alpha value is -2.63. The van der Waals surface area contributed by atoms with Crippen molar-refractivity contribution >= 4 is 23.6 Å². The van der Waals surface area contributed by atoms with Gasteiger partial charge in [0, 0.05) is 11.8 Å². The van der Waals surface area contributed by atoms with Gasteiger partial charge in [0.25, 0.3) is 5.91 Å². The van der Waals surface area contributed by atoms with Crippen LogP contribution in [-0.4, -0.2) is 24.5 Å². The number of carbonyl (C=O) groups excluding carboxylic acids is 3. The third kappa shape index (κ3) is 4.94. The molecule has 3 amide bonds. The summed E-state index contributed by atoms with van der Waals surface area (Å²) in [5.41, 5.74) is 3.77. The Kier molecular flexibility index (Phi) is 5.40. The number of urea groups is 1. The number of ether oxygens (including phenoxy) is 1. The molecule has 0 unspecified atom stereocenters. The average molecular weight is 356 g/mol. The highest BCUT2D eigenvalue weighted by molar-refractivity contribution is 6.02. The lowest BCUT2D eigenvalue weighted by Crippen LogP contribution is -2.37. The normalized spacial score (nSPS) is 15.8. The number of rotatable bonds is 6. The zero-order valence-corrected chi connectivity index (χ0v) is 15.1. The number of esters is 1. The largest absolute Gasteiger partial charge is 0.452 e. The van der Waals surface area contributed by atoms with Crippen LogP contribution in [-0.2, 0) is 14.3 Å². The summed E-state index contributed by atoms with van der Waals surface area (Å²) in [7, 11) is 0. The van der Waals surface area contributed by atoms with E-state index in [1.165, 1.54) is 5.57 Å². The minimum absolute atomic E-state index is 0.474. The van der Waals surface area contributed by atoms with E-state index in [4.69, 9.17) is 4.74 Å². The summed E-state index contributed by atoms with van der Waals surface area (Å²) in [4.78, 5) is 35.6. The Bertz CT molecular complexity index is 747. The molecule has 0 aliphatic heterocycles. The SMILES string of the molecule is Cc1cccc(NC(=O)NC(=O)COC(=O)C=C(C2CC2)C2CC2)c1C. The molecule has 0 bridgehead atoms. The minimum atomic E-state index is -0.658. The highest BCUT2D eigenvalue weighted by Gasteiger charge is 2.36. The van der Waals surface area contributed by atoms with Crippen molar-refractivity contribution in [3.05, 3.63) is 41.0 Å². The molecule has 0 atom stereocenters. The Morgan fingerprint density at radius 3 is 2.38 bits per heavy atom. The first-order valence-corrected chi connectivity index (χ1v) is 8.99. The number of nitrogens with one attached hydrogen (secondary N) is 2. The number of imide groups is 1. The van der Waals surface area contributed by atoms with E-state index >= 15 is 0 Å². The molecule has 0 aromatic heterocycles. The molecule has 26 heavy (non-hydrogen) atoms. The molecule has 0 heterocycles. The van der Waals surface area contributed by atoms with Crippen molar-refractivity contribution in [1.82, 2.24) is 5.32 Å². The molecule has 3 rings (SSSR count). The van der Waals surface area contributed by atoms with E-state index in [-0.39, 0.29) is 0 Å². The first-order chi connectivity index (χ1) is 12.4. The summed E-state index contributed by atoms with van der Waals surface area (Å²) < 4.78 is 4.98. The monoisotopic (exact) mass is 356 g/mol. The highest BCUT2D eigenvalue weighted by atomic mass is 16.5. The molecule has 6 nitrogen and oxygen atoms in total. The number of carbonyl (C=O) groups is 3. The van der Waals surface area contributed by atoms with E-state index in [2.05, 4.69) is 10.6 Å². The van der Waals surface area contributed by atoms with Crippen LogP contribution < -0.4 is 10.6 Å². The zero-order valence-electron chi connectivity index (χ0n) is 15.1. The van der Waals surface area contributed by atoms with Crippen LogP contribution in [0.4, 0.5) is 10.5 Å². The number of hydrogen-bond acceptors (Lipinski definition) is 4. The fourth-order valence-electron chi connectivity index (χ4n) is 2.92. The quantitative estimate of drug-likeness (QED) is 0.605. The lowest BCUT2D eigenvalue weighted by Gasteiger charge is -2.11. The van der Waals surface area contributed by atoms with Gasteiger partial charge in [-0.2, -0.15) is 0 Å². The topological polar surface area (TPSA) is 84.5 Å². The lowest BCUT2D eigenvalue weighted by atomic mass is 10.1. The fourth-order valence-corrected chi connectivity index (χ4v) is 2.92. The van der Waals surface area contributed by atoms with Gasteiger partial charge in [-0.1, -0.05) is 17.7 Å². The van der Waals surface area contributed by atoms with Gasteiger partial charge in [-0.25, -0.2) is 9.59 Å². The molecule has 0 saturated heterocycles. The van der Waals surface area contributed by atoms with E-state index in [1.54, 1.807) is 12.1 Å². The first-order valence-electron chi connectivity index (χ1n) is 8.99. The van der Waals surface area contributed by atoms with Crippen LogP contribution in [0.3, 0.4) is 0 Å². The third-order valence-electron chi connectivity index (χ3n) is 4.83. The van der Waals surface area contributed by atoms with E-state index in [0.29, 0.717) is 17.5 Å². The maximum Gasteiger partial charge on any atom is 0.331 e. The Morgan fingerprint density at radius 2 is 1.77 bits per heavy atom. The predicted octanol–water partition coefficient (Wildman–Crippen LogP) is 3.24. The van der Waals surface area contributed by atoms with Crippen LogP contribution in [0.25, 0.3) is 0 Å². The Morgan fingerprint density at radius 1 is 1.12 bits per heavy atom. The summed E-state index contributed by atoms with van der Waals surface area (Å²) in [6.07, 6.45) is 6.07. The molecule has 0 spiro atoms. The van der Waals surface area contributed by atoms with E-state index in [9.17, 15) is 14.4 Å². The fraction of sp³-hybridized carbons (Fsp3) is 0.450. The van der Waals surface area contributed by atoms with Crippen molar-refractivity contribution in [3.63, 3.8) is 0 Å². The summed E-state index contributed by atoms with van der Waals surface area (Å²) >= 11 is 0. The van der Waals surface area contributed by atoms with Gasteiger partial charge in [-0.3, -0.25) is 10.1 Å². The van der Waals surface area contributed by atoms with Crippen LogP contribution in [0.15, 0.2) is 29.8 Å². The third-order valence-corrected chi connectivity index (χ3v) is 4.83. The average Bonchev–Trinajstić information content (AvgIpc) is 3.47. The first kappa shape index (κ1) is 18.2. The van der Waals surface area contributed by atoms with Crippen molar-refractivity contribution in [2.75, 3.05) is 11.9 Å². The van der Waals surface area contributed by atoms with Crippen LogP contribution in [0.2, 0.25) is 0 Å². The Balaban J connectivity index is 1.44. The predicted molar refractivity (Wildman–Crippen MR) is 97.6 cm³/mol. The molecule has 2 N–H and O–H groups in total. The molecule has 6 heteroatoms. The second-order valence-corrected chi connectivity index (χ2v) is 7.05. The molecule has 1 aromatic rings. The molecule has 138 valence electrons. The summed E-state index contributed by atoms with van der Waals surface area (Å²) in [5.74, 6) is -0.128.